The van der Waals surface area contributed by atoms with Crippen LogP contribution in [-0.2, 0) is 11.3 Å². The predicted octanol–water partition coefficient (Wildman–Crippen LogP) is 3.87. The van der Waals surface area contributed by atoms with Crippen LogP contribution in [0.5, 0.6) is 0 Å². The maximum absolute atomic E-state index is 12.7. The highest BCUT2D eigenvalue weighted by Gasteiger charge is 2.29. The van der Waals surface area contributed by atoms with Gasteiger partial charge in [-0.15, -0.1) is 0 Å². The molecule has 2 aromatic carbocycles. The van der Waals surface area contributed by atoms with E-state index in [0.717, 1.165) is 12.8 Å². The number of hydrogen-bond donors (Lipinski definition) is 1. The van der Waals surface area contributed by atoms with Crippen molar-refractivity contribution in [3.63, 3.8) is 0 Å². The van der Waals surface area contributed by atoms with Crippen LogP contribution >= 0.6 is 11.6 Å². The lowest BCUT2D eigenvalue weighted by molar-refractivity contribution is -0.384. The van der Waals surface area contributed by atoms with Crippen molar-refractivity contribution >= 4 is 34.8 Å². The van der Waals surface area contributed by atoms with Gasteiger partial charge in [0.2, 0.25) is 5.91 Å². The normalized spacial score (nSPS) is 13.1. The maximum atomic E-state index is 12.7. The summed E-state index contributed by atoms with van der Waals surface area (Å²) in [6.45, 7) is 0.123. The van der Waals surface area contributed by atoms with E-state index in [2.05, 4.69) is 5.32 Å². The monoisotopic (exact) mass is 387 g/mol. The number of rotatable bonds is 6. The number of nitrogens with zero attached hydrogens (tertiary/aromatic N) is 2. The minimum absolute atomic E-state index is 0.0312. The van der Waals surface area contributed by atoms with E-state index in [4.69, 9.17) is 11.6 Å². The fraction of sp³-hybridized carbons (Fsp3) is 0.263. The van der Waals surface area contributed by atoms with Crippen LogP contribution in [0.4, 0.5) is 11.4 Å². The van der Waals surface area contributed by atoms with Gasteiger partial charge in [0, 0.05) is 47.9 Å². The summed E-state index contributed by atoms with van der Waals surface area (Å²) in [5, 5.41) is 14.1. The lowest BCUT2D eigenvalue weighted by Gasteiger charge is -2.18. The zero-order valence-electron chi connectivity index (χ0n) is 14.6. The fourth-order valence-corrected chi connectivity index (χ4v) is 2.84. The zero-order valence-corrected chi connectivity index (χ0v) is 15.4. The molecule has 1 N–H and O–H groups in total. The van der Waals surface area contributed by atoms with E-state index in [9.17, 15) is 19.7 Å². The van der Waals surface area contributed by atoms with Gasteiger partial charge in [-0.05, 0) is 42.7 Å². The van der Waals surface area contributed by atoms with E-state index in [-0.39, 0.29) is 30.0 Å². The van der Waals surface area contributed by atoms with E-state index in [1.54, 1.807) is 31.3 Å². The van der Waals surface area contributed by atoms with Crippen molar-refractivity contribution in [2.24, 2.45) is 5.92 Å². The molecular formula is C19H18ClN3O4. The molecule has 0 bridgehead atoms. The number of carbonyl (C=O) groups is 2. The molecule has 3 rings (SSSR count). The zero-order chi connectivity index (χ0) is 19.6. The van der Waals surface area contributed by atoms with Gasteiger partial charge in [0.1, 0.15) is 0 Å². The second-order valence-electron chi connectivity index (χ2n) is 6.54. The molecule has 1 saturated carbocycles. The molecule has 27 heavy (non-hydrogen) atoms. The molecule has 1 fully saturated rings. The minimum atomic E-state index is -0.506. The third-order valence-electron chi connectivity index (χ3n) is 4.32. The molecule has 0 heterocycles. The number of hydrogen-bond acceptors (Lipinski definition) is 4. The Morgan fingerprint density at radius 2 is 2.00 bits per heavy atom. The Bertz CT molecular complexity index is 912. The number of halogens is 1. The van der Waals surface area contributed by atoms with Gasteiger partial charge < -0.3 is 10.2 Å². The summed E-state index contributed by atoms with van der Waals surface area (Å²) in [5.74, 6) is -0.237. The van der Waals surface area contributed by atoms with Crippen molar-refractivity contribution in [1.82, 2.24) is 4.90 Å². The van der Waals surface area contributed by atoms with Gasteiger partial charge in [-0.2, -0.15) is 0 Å². The average molecular weight is 388 g/mol. The highest BCUT2D eigenvalue weighted by molar-refractivity contribution is 6.31. The van der Waals surface area contributed by atoms with Crippen molar-refractivity contribution in [3.05, 3.63) is 68.7 Å². The Kier molecular flexibility index (Phi) is 5.41. The third kappa shape index (κ3) is 4.62. The van der Waals surface area contributed by atoms with E-state index in [1.165, 1.54) is 23.1 Å². The number of anilines is 1. The largest absolute Gasteiger partial charge is 0.337 e. The standard InChI is InChI=1S/C19H18ClN3O4/c1-22(11-14-10-16(23(26)27)7-8-17(14)20)19(25)13-3-2-4-15(9-13)21-18(24)12-5-6-12/h2-4,7-10,12H,5-6,11H2,1H3,(H,21,24). The molecule has 0 atom stereocenters. The van der Waals surface area contributed by atoms with Crippen LogP contribution in [0, 0.1) is 16.0 Å². The maximum Gasteiger partial charge on any atom is 0.269 e. The summed E-state index contributed by atoms with van der Waals surface area (Å²) in [7, 11) is 1.59. The Balaban J connectivity index is 1.72. The third-order valence-corrected chi connectivity index (χ3v) is 4.69. The summed E-state index contributed by atoms with van der Waals surface area (Å²) in [5.41, 5.74) is 1.38. The first-order valence-corrected chi connectivity index (χ1v) is 8.82. The number of nitro groups is 1. The van der Waals surface area contributed by atoms with E-state index in [0.29, 0.717) is 21.8 Å². The quantitative estimate of drug-likeness (QED) is 0.601. The number of non-ortho nitro benzene ring substituents is 1. The van der Waals surface area contributed by atoms with E-state index >= 15 is 0 Å². The highest BCUT2D eigenvalue weighted by atomic mass is 35.5. The first kappa shape index (κ1) is 18.8. The summed E-state index contributed by atoms with van der Waals surface area (Å²) in [6, 6.07) is 10.8. The average Bonchev–Trinajstić information content (AvgIpc) is 3.48. The fourth-order valence-electron chi connectivity index (χ4n) is 2.66. The highest BCUT2D eigenvalue weighted by Crippen LogP contribution is 2.30. The smallest absolute Gasteiger partial charge is 0.269 e. The molecule has 0 radical (unpaired) electrons. The number of carbonyl (C=O) groups excluding carboxylic acids is 2. The molecule has 1 aliphatic carbocycles. The molecule has 8 heteroatoms. The molecule has 1 aliphatic rings. The Labute approximate surface area is 161 Å². The second kappa shape index (κ2) is 7.75. The van der Waals surface area contributed by atoms with Gasteiger partial charge >= 0.3 is 0 Å². The SMILES string of the molecule is CN(Cc1cc([N+](=O)[O-])ccc1Cl)C(=O)c1cccc(NC(=O)C2CC2)c1. The van der Waals surface area contributed by atoms with E-state index in [1.807, 2.05) is 0 Å². The molecule has 0 unspecified atom stereocenters. The summed E-state index contributed by atoms with van der Waals surface area (Å²) in [4.78, 5) is 36.4. The summed E-state index contributed by atoms with van der Waals surface area (Å²) in [6.07, 6.45) is 1.80. The number of nitro benzene ring substituents is 1. The van der Waals surface area contributed by atoms with Crippen LogP contribution < -0.4 is 5.32 Å². The first-order valence-electron chi connectivity index (χ1n) is 8.44. The van der Waals surface area contributed by atoms with Crippen LogP contribution in [0.25, 0.3) is 0 Å². The number of nitrogens with one attached hydrogen (secondary N) is 1. The molecule has 7 nitrogen and oxygen atoms in total. The summed E-state index contributed by atoms with van der Waals surface area (Å²) < 4.78 is 0. The first-order chi connectivity index (χ1) is 12.8. The molecule has 0 aromatic heterocycles. The van der Waals surface area contributed by atoms with Crippen molar-refractivity contribution in [2.75, 3.05) is 12.4 Å². The van der Waals surface area contributed by atoms with Crippen LogP contribution in [0.15, 0.2) is 42.5 Å². The second-order valence-corrected chi connectivity index (χ2v) is 6.95. The van der Waals surface area contributed by atoms with Gasteiger partial charge in [0.05, 0.1) is 4.92 Å². The lowest BCUT2D eigenvalue weighted by Crippen LogP contribution is -2.26. The molecule has 2 aromatic rings. The predicted molar refractivity (Wildman–Crippen MR) is 102 cm³/mol. The Hall–Kier alpha value is -2.93. The van der Waals surface area contributed by atoms with Crippen LogP contribution in [-0.4, -0.2) is 28.7 Å². The van der Waals surface area contributed by atoms with E-state index < -0.39 is 4.92 Å². The van der Waals surface area contributed by atoms with Crippen molar-refractivity contribution in [2.45, 2.75) is 19.4 Å². The molecule has 0 spiro atoms. The van der Waals surface area contributed by atoms with Crippen molar-refractivity contribution in [3.8, 4) is 0 Å². The van der Waals surface area contributed by atoms with Gasteiger partial charge in [-0.3, -0.25) is 19.7 Å². The molecule has 0 saturated heterocycles. The van der Waals surface area contributed by atoms with Gasteiger partial charge in [0.25, 0.3) is 11.6 Å². The number of amides is 2. The van der Waals surface area contributed by atoms with Crippen LogP contribution in [0.2, 0.25) is 5.02 Å². The van der Waals surface area contributed by atoms with Crippen LogP contribution in [0.1, 0.15) is 28.8 Å². The lowest BCUT2D eigenvalue weighted by atomic mass is 10.1. The molecule has 140 valence electrons. The van der Waals surface area contributed by atoms with Crippen molar-refractivity contribution in [1.29, 1.82) is 0 Å². The number of benzene rings is 2. The molecule has 2 amide bonds. The summed E-state index contributed by atoms with van der Waals surface area (Å²) >= 11 is 6.11. The van der Waals surface area contributed by atoms with Crippen molar-refractivity contribution < 1.29 is 14.5 Å². The molecular weight excluding hydrogens is 370 g/mol. The Morgan fingerprint density at radius 1 is 1.26 bits per heavy atom. The van der Waals surface area contributed by atoms with Gasteiger partial charge in [-0.1, -0.05) is 17.7 Å². The van der Waals surface area contributed by atoms with Gasteiger partial charge in [0.15, 0.2) is 0 Å². The van der Waals surface area contributed by atoms with Crippen LogP contribution in [0.3, 0.4) is 0 Å². The molecule has 0 aliphatic heterocycles. The topological polar surface area (TPSA) is 92.5 Å². The minimum Gasteiger partial charge on any atom is -0.337 e. The van der Waals surface area contributed by atoms with Gasteiger partial charge in [-0.25, -0.2) is 0 Å². The Morgan fingerprint density at radius 3 is 2.67 bits per heavy atom.